The lowest BCUT2D eigenvalue weighted by molar-refractivity contribution is 0.0973. The zero-order chi connectivity index (χ0) is 27.9. The molecule has 0 heterocycles. The third kappa shape index (κ3) is 3.04. The van der Waals surface area contributed by atoms with Crippen LogP contribution in [-0.4, -0.2) is 48.7 Å². The minimum atomic E-state index is -0.846. The molecule has 0 unspecified atom stereocenters. The van der Waals surface area contributed by atoms with Gasteiger partial charge in [0.1, 0.15) is 23.0 Å². The molecule has 0 saturated heterocycles. The summed E-state index contributed by atoms with van der Waals surface area (Å²) < 4.78 is 0. The number of ketones is 4. The molecule has 0 aromatic heterocycles. The number of hydrogen-bond donors (Lipinski definition) is 5. The number of aromatic hydroxyl groups is 4. The molecule has 4 aromatic carbocycles. The molecule has 39 heavy (non-hydrogen) atoms. The number of aliphatic hydroxyl groups excluding tert-OH is 1. The van der Waals surface area contributed by atoms with Crippen LogP contribution < -0.4 is 0 Å². The minimum absolute atomic E-state index is 0.0330. The van der Waals surface area contributed by atoms with Crippen LogP contribution >= 0.6 is 0 Å². The Morgan fingerprint density at radius 1 is 0.538 bits per heavy atom. The van der Waals surface area contributed by atoms with Gasteiger partial charge < -0.3 is 25.5 Å². The number of phenols is 4. The van der Waals surface area contributed by atoms with E-state index in [2.05, 4.69) is 0 Å². The second kappa shape index (κ2) is 8.11. The Bertz CT molecular complexity index is 1860. The molecule has 5 N–H and O–H groups in total. The minimum Gasteiger partial charge on any atom is -0.507 e. The van der Waals surface area contributed by atoms with E-state index >= 15 is 0 Å². The summed E-state index contributed by atoms with van der Waals surface area (Å²) in [5.41, 5.74) is -2.06. The highest BCUT2D eigenvalue weighted by molar-refractivity contribution is 6.32. The predicted octanol–water partition coefficient (Wildman–Crippen LogP) is 3.53. The maximum atomic E-state index is 13.4. The Labute approximate surface area is 219 Å². The number of rotatable bonds is 2. The monoisotopic (exact) mass is 522 g/mol. The molecule has 6 rings (SSSR count). The van der Waals surface area contributed by atoms with Crippen molar-refractivity contribution >= 4 is 23.1 Å². The van der Waals surface area contributed by atoms with Gasteiger partial charge in [0.15, 0.2) is 11.6 Å². The van der Waals surface area contributed by atoms with Gasteiger partial charge in [0.25, 0.3) is 0 Å². The standard InChI is InChI=1S/C30H18O9/c1-11-8-15-23(29(38)21-13(25(15)34)4-2-6-17(21)32)27(36)19(11)20-12(10-31)9-16-24(28(20)37)30(39)22-14(26(16)35)5-3-7-18(22)33/h2-9,31-33,36-37H,10H2,1H3. The molecule has 0 saturated carbocycles. The number of aryl methyl sites for hydroxylation is 1. The van der Waals surface area contributed by atoms with Crippen LogP contribution in [0.2, 0.25) is 0 Å². The first kappa shape index (κ1) is 24.1. The van der Waals surface area contributed by atoms with Crippen LogP contribution in [0.25, 0.3) is 11.1 Å². The third-order valence-electron chi connectivity index (χ3n) is 7.27. The van der Waals surface area contributed by atoms with E-state index in [9.17, 15) is 44.7 Å². The highest BCUT2D eigenvalue weighted by atomic mass is 16.3. The van der Waals surface area contributed by atoms with E-state index in [0.29, 0.717) is 0 Å². The lowest BCUT2D eigenvalue weighted by atomic mass is 9.77. The van der Waals surface area contributed by atoms with Crippen molar-refractivity contribution < 1.29 is 44.7 Å². The molecule has 0 atom stereocenters. The summed E-state index contributed by atoms with van der Waals surface area (Å²) in [5, 5.41) is 53.6. The molecule has 192 valence electrons. The number of carbonyl (C=O) groups is 4. The number of hydrogen-bond acceptors (Lipinski definition) is 9. The molecule has 2 aliphatic rings. The summed E-state index contributed by atoms with van der Waals surface area (Å²) in [7, 11) is 0. The van der Waals surface area contributed by atoms with Crippen molar-refractivity contribution in [2.75, 3.05) is 0 Å². The Hall–Kier alpha value is -5.28. The van der Waals surface area contributed by atoms with Crippen molar-refractivity contribution in [1.82, 2.24) is 0 Å². The maximum absolute atomic E-state index is 13.4. The molecular formula is C30H18O9. The van der Waals surface area contributed by atoms with Crippen LogP contribution in [0.1, 0.15) is 74.8 Å². The van der Waals surface area contributed by atoms with E-state index in [1.165, 1.54) is 55.5 Å². The number of phenolic OH excluding ortho intramolecular Hbond substituents is 4. The smallest absolute Gasteiger partial charge is 0.201 e. The Balaban J connectivity index is 1.66. The van der Waals surface area contributed by atoms with Crippen LogP contribution in [0.3, 0.4) is 0 Å². The molecule has 0 spiro atoms. The van der Waals surface area contributed by atoms with Crippen LogP contribution in [-0.2, 0) is 6.61 Å². The summed E-state index contributed by atoms with van der Waals surface area (Å²) in [6, 6.07) is 10.6. The number of benzene rings is 4. The summed E-state index contributed by atoms with van der Waals surface area (Å²) in [6.45, 7) is 0.774. The zero-order valence-corrected chi connectivity index (χ0v) is 20.2. The molecule has 0 radical (unpaired) electrons. The van der Waals surface area contributed by atoms with E-state index in [1.807, 2.05) is 0 Å². The van der Waals surface area contributed by atoms with Gasteiger partial charge in [-0.25, -0.2) is 0 Å². The Morgan fingerprint density at radius 3 is 1.49 bits per heavy atom. The maximum Gasteiger partial charge on any atom is 0.201 e. The average Bonchev–Trinajstić information content (AvgIpc) is 2.90. The lowest BCUT2D eigenvalue weighted by Gasteiger charge is -2.25. The fraction of sp³-hybridized carbons (Fsp3) is 0.0667. The van der Waals surface area contributed by atoms with E-state index in [-0.39, 0.29) is 55.6 Å². The van der Waals surface area contributed by atoms with Crippen LogP contribution in [0.4, 0.5) is 0 Å². The van der Waals surface area contributed by atoms with Crippen molar-refractivity contribution in [3.8, 4) is 34.1 Å². The van der Waals surface area contributed by atoms with Crippen molar-refractivity contribution in [2.45, 2.75) is 13.5 Å². The Kier molecular flexibility index (Phi) is 5.01. The summed E-state index contributed by atoms with van der Waals surface area (Å²) in [4.78, 5) is 53.3. The second-order valence-corrected chi connectivity index (χ2v) is 9.40. The van der Waals surface area contributed by atoms with Gasteiger partial charge >= 0.3 is 0 Å². The van der Waals surface area contributed by atoms with Gasteiger partial charge in [-0.15, -0.1) is 0 Å². The summed E-state index contributed by atoms with van der Waals surface area (Å²) in [5.74, 6) is -5.31. The molecule has 0 bridgehead atoms. The Morgan fingerprint density at radius 2 is 1.00 bits per heavy atom. The lowest BCUT2D eigenvalue weighted by Crippen LogP contribution is -2.23. The average molecular weight is 522 g/mol. The topological polar surface area (TPSA) is 169 Å². The van der Waals surface area contributed by atoms with Gasteiger partial charge in [-0.05, 0) is 42.3 Å². The number of carbonyl (C=O) groups excluding carboxylic acids is 4. The SMILES string of the molecule is Cc1cc2c(c(O)c1-c1c(CO)cc3c(c1O)C(=O)c1c(O)cccc1C3=O)C(=O)c1c(O)cccc1C2=O. The highest BCUT2D eigenvalue weighted by Crippen LogP contribution is 2.49. The first-order chi connectivity index (χ1) is 18.6. The van der Waals surface area contributed by atoms with E-state index in [0.717, 1.165) is 0 Å². The van der Waals surface area contributed by atoms with Gasteiger partial charge in [0, 0.05) is 33.4 Å². The van der Waals surface area contributed by atoms with Gasteiger partial charge in [0.05, 0.1) is 28.9 Å². The van der Waals surface area contributed by atoms with E-state index in [1.54, 1.807) is 0 Å². The van der Waals surface area contributed by atoms with Gasteiger partial charge in [-0.3, -0.25) is 19.2 Å². The van der Waals surface area contributed by atoms with Gasteiger partial charge in [-0.2, -0.15) is 0 Å². The summed E-state index contributed by atoms with van der Waals surface area (Å²) in [6.07, 6.45) is 0. The molecule has 9 nitrogen and oxygen atoms in total. The van der Waals surface area contributed by atoms with Crippen molar-refractivity contribution in [3.63, 3.8) is 0 Å². The summed E-state index contributed by atoms with van der Waals surface area (Å²) >= 11 is 0. The molecule has 9 heteroatoms. The van der Waals surface area contributed by atoms with Gasteiger partial charge in [0.2, 0.25) is 11.6 Å². The largest absolute Gasteiger partial charge is 0.507 e. The predicted molar refractivity (Wildman–Crippen MR) is 136 cm³/mol. The van der Waals surface area contributed by atoms with Crippen molar-refractivity contribution in [2.24, 2.45) is 0 Å². The fourth-order valence-corrected chi connectivity index (χ4v) is 5.54. The second-order valence-electron chi connectivity index (χ2n) is 9.40. The van der Waals surface area contributed by atoms with Crippen LogP contribution in [0.5, 0.6) is 23.0 Å². The quantitative estimate of drug-likeness (QED) is 0.228. The van der Waals surface area contributed by atoms with E-state index in [4.69, 9.17) is 0 Å². The van der Waals surface area contributed by atoms with Gasteiger partial charge in [-0.1, -0.05) is 24.3 Å². The van der Waals surface area contributed by atoms with E-state index < -0.39 is 63.9 Å². The first-order valence-electron chi connectivity index (χ1n) is 11.8. The number of aliphatic hydroxyl groups is 1. The fourth-order valence-electron chi connectivity index (χ4n) is 5.54. The molecule has 0 fully saturated rings. The molecule has 0 aliphatic heterocycles. The molecular weight excluding hydrogens is 504 g/mol. The van der Waals surface area contributed by atoms with Crippen molar-refractivity contribution in [1.29, 1.82) is 0 Å². The molecule has 2 aliphatic carbocycles. The highest BCUT2D eigenvalue weighted by Gasteiger charge is 2.39. The molecule has 0 amide bonds. The first-order valence-corrected chi connectivity index (χ1v) is 11.8. The van der Waals surface area contributed by atoms with Crippen LogP contribution in [0.15, 0.2) is 48.5 Å². The van der Waals surface area contributed by atoms with Crippen LogP contribution in [0, 0.1) is 6.92 Å². The normalized spacial score (nSPS) is 13.6. The van der Waals surface area contributed by atoms with Crippen molar-refractivity contribution in [3.05, 3.63) is 104 Å². The molecule has 4 aromatic rings. The zero-order valence-electron chi connectivity index (χ0n) is 20.2. The third-order valence-corrected chi connectivity index (χ3v) is 7.27. The number of fused-ring (bicyclic) bond motifs is 4.